The summed E-state index contributed by atoms with van der Waals surface area (Å²) in [5, 5.41) is 0. The predicted octanol–water partition coefficient (Wildman–Crippen LogP) is 2.64. The topological polar surface area (TPSA) is 38.2 Å². The maximum Gasteiger partial charge on any atom is 0.433 e. The first kappa shape index (κ1) is 13.6. The van der Waals surface area contributed by atoms with Crippen molar-refractivity contribution < 1.29 is 17.9 Å². The van der Waals surface area contributed by atoms with Crippen molar-refractivity contribution in [3.8, 4) is 0 Å². The van der Waals surface area contributed by atoms with Crippen LogP contribution in [0.5, 0.6) is 0 Å². The second-order valence-electron chi connectivity index (χ2n) is 5.19. The van der Waals surface area contributed by atoms with Crippen LogP contribution in [-0.2, 0) is 10.9 Å². The average molecular weight is 287 g/mol. The smallest absolute Gasteiger partial charge is 0.376 e. The lowest BCUT2D eigenvalue weighted by atomic mass is 10.2. The SMILES string of the molecule is FC(F)(F)c1ccnc(N2CCCOC3CCCC32)n1. The van der Waals surface area contributed by atoms with E-state index in [1.165, 1.54) is 6.20 Å². The predicted molar refractivity (Wildman–Crippen MR) is 66.4 cm³/mol. The number of hydrogen-bond acceptors (Lipinski definition) is 4. The Hall–Kier alpha value is -1.37. The highest BCUT2D eigenvalue weighted by molar-refractivity contribution is 5.34. The lowest BCUT2D eigenvalue weighted by Crippen LogP contribution is -2.41. The Kier molecular flexibility index (Phi) is 3.54. The number of hydrogen-bond donors (Lipinski definition) is 0. The first-order chi connectivity index (χ1) is 9.55. The minimum absolute atomic E-state index is 0.0932. The number of fused-ring (bicyclic) bond motifs is 1. The highest BCUT2D eigenvalue weighted by atomic mass is 19.4. The molecule has 2 fully saturated rings. The van der Waals surface area contributed by atoms with E-state index in [-0.39, 0.29) is 18.1 Å². The molecule has 0 N–H and O–H groups in total. The number of alkyl halides is 3. The molecule has 1 aliphatic carbocycles. The number of ether oxygens (including phenoxy) is 1. The summed E-state index contributed by atoms with van der Waals surface area (Å²) in [6.45, 7) is 1.29. The Morgan fingerprint density at radius 3 is 2.90 bits per heavy atom. The third-order valence-corrected chi connectivity index (χ3v) is 3.88. The van der Waals surface area contributed by atoms with Gasteiger partial charge in [-0.2, -0.15) is 13.2 Å². The van der Waals surface area contributed by atoms with E-state index in [0.717, 1.165) is 31.7 Å². The molecule has 0 spiro atoms. The average Bonchev–Trinajstić information content (AvgIpc) is 2.78. The molecule has 2 heterocycles. The number of rotatable bonds is 1. The maximum atomic E-state index is 12.7. The van der Waals surface area contributed by atoms with E-state index in [1.807, 2.05) is 4.90 Å². The molecule has 110 valence electrons. The molecule has 0 radical (unpaired) electrons. The zero-order valence-corrected chi connectivity index (χ0v) is 10.9. The summed E-state index contributed by atoms with van der Waals surface area (Å²) in [5.74, 6) is 0.169. The second kappa shape index (κ2) is 5.20. The highest BCUT2D eigenvalue weighted by Gasteiger charge is 2.37. The Balaban J connectivity index is 1.90. The van der Waals surface area contributed by atoms with E-state index in [0.29, 0.717) is 13.2 Å². The van der Waals surface area contributed by atoms with Gasteiger partial charge in [-0.05, 0) is 31.7 Å². The van der Waals surface area contributed by atoms with E-state index in [1.54, 1.807) is 0 Å². The van der Waals surface area contributed by atoms with Gasteiger partial charge in [0.25, 0.3) is 0 Å². The van der Waals surface area contributed by atoms with Crippen LogP contribution in [0.15, 0.2) is 12.3 Å². The van der Waals surface area contributed by atoms with Crippen molar-refractivity contribution >= 4 is 5.95 Å². The van der Waals surface area contributed by atoms with E-state index in [9.17, 15) is 13.2 Å². The first-order valence-corrected chi connectivity index (χ1v) is 6.84. The van der Waals surface area contributed by atoms with E-state index < -0.39 is 11.9 Å². The molecule has 2 unspecified atom stereocenters. The minimum atomic E-state index is -4.44. The summed E-state index contributed by atoms with van der Waals surface area (Å²) >= 11 is 0. The summed E-state index contributed by atoms with van der Waals surface area (Å²) in [5.41, 5.74) is -0.887. The Morgan fingerprint density at radius 2 is 2.10 bits per heavy atom. The lowest BCUT2D eigenvalue weighted by Gasteiger charge is -2.30. The largest absolute Gasteiger partial charge is 0.433 e. The van der Waals surface area contributed by atoms with Crippen LogP contribution < -0.4 is 4.90 Å². The Labute approximate surface area is 115 Å². The monoisotopic (exact) mass is 287 g/mol. The van der Waals surface area contributed by atoms with Crippen molar-refractivity contribution in [2.24, 2.45) is 0 Å². The molecule has 1 saturated heterocycles. The van der Waals surface area contributed by atoms with Crippen molar-refractivity contribution in [2.75, 3.05) is 18.1 Å². The normalized spacial score (nSPS) is 27.2. The Morgan fingerprint density at radius 1 is 1.25 bits per heavy atom. The molecule has 20 heavy (non-hydrogen) atoms. The zero-order valence-electron chi connectivity index (χ0n) is 10.9. The van der Waals surface area contributed by atoms with Crippen LogP contribution in [0.1, 0.15) is 31.4 Å². The van der Waals surface area contributed by atoms with Gasteiger partial charge in [0.2, 0.25) is 5.95 Å². The first-order valence-electron chi connectivity index (χ1n) is 6.84. The molecule has 4 nitrogen and oxygen atoms in total. The van der Waals surface area contributed by atoms with Crippen molar-refractivity contribution in [1.29, 1.82) is 0 Å². The minimum Gasteiger partial charge on any atom is -0.376 e. The quantitative estimate of drug-likeness (QED) is 0.796. The van der Waals surface area contributed by atoms with Gasteiger partial charge in [0.05, 0.1) is 12.1 Å². The van der Waals surface area contributed by atoms with Crippen LogP contribution >= 0.6 is 0 Å². The molecule has 1 aromatic rings. The molecule has 0 aromatic carbocycles. The van der Waals surface area contributed by atoms with Gasteiger partial charge in [-0.25, -0.2) is 9.97 Å². The summed E-state index contributed by atoms with van der Waals surface area (Å²) in [6, 6.07) is 1.00. The standard InChI is InChI=1S/C13H16F3N3O/c14-13(15,16)11-5-6-17-12(18-11)19-7-2-8-20-10-4-1-3-9(10)19/h5-6,9-10H,1-4,7-8H2. The van der Waals surface area contributed by atoms with Crippen molar-refractivity contribution in [2.45, 2.75) is 44.0 Å². The van der Waals surface area contributed by atoms with Crippen molar-refractivity contribution in [3.63, 3.8) is 0 Å². The molecule has 0 bridgehead atoms. The summed E-state index contributed by atoms with van der Waals surface area (Å²) in [4.78, 5) is 9.63. The molecule has 3 rings (SSSR count). The number of aromatic nitrogens is 2. The van der Waals surface area contributed by atoms with Gasteiger partial charge >= 0.3 is 6.18 Å². The van der Waals surface area contributed by atoms with E-state index in [2.05, 4.69) is 9.97 Å². The fourth-order valence-electron chi connectivity index (χ4n) is 2.99. The molecule has 1 aliphatic heterocycles. The van der Waals surface area contributed by atoms with Gasteiger partial charge in [-0.15, -0.1) is 0 Å². The highest BCUT2D eigenvalue weighted by Crippen LogP contribution is 2.33. The second-order valence-corrected chi connectivity index (χ2v) is 5.19. The molecule has 1 saturated carbocycles. The lowest BCUT2D eigenvalue weighted by molar-refractivity contribution is -0.141. The van der Waals surface area contributed by atoms with Crippen molar-refractivity contribution in [1.82, 2.24) is 9.97 Å². The summed E-state index contributed by atoms with van der Waals surface area (Å²) < 4.78 is 44.0. The van der Waals surface area contributed by atoms with E-state index in [4.69, 9.17) is 4.74 Å². The van der Waals surface area contributed by atoms with Crippen molar-refractivity contribution in [3.05, 3.63) is 18.0 Å². The molecule has 2 atom stereocenters. The molecule has 0 amide bonds. The van der Waals surface area contributed by atoms with Gasteiger partial charge in [0.1, 0.15) is 5.69 Å². The van der Waals surface area contributed by atoms with Crippen LogP contribution in [0.25, 0.3) is 0 Å². The molecule has 2 aliphatic rings. The zero-order chi connectivity index (χ0) is 14.2. The fraction of sp³-hybridized carbons (Fsp3) is 0.692. The maximum absolute atomic E-state index is 12.7. The van der Waals surface area contributed by atoms with Gasteiger partial charge in [0, 0.05) is 19.3 Å². The van der Waals surface area contributed by atoms with Crippen LogP contribution in [0.2, 0.25) is 0 Å². The molecule has 7 heteroatoms. The summed E-state index contributed by atoms with van der Waals surface area (Å²) in [7, 11) is 0. The fourth-order valence-corrected chi connectivity index (χ4v) is 2.99. The third-order valence-electron chi connectivity index (χ3n) is 3.88. The Bertz CT molecular complexity index is 480. The van der Waals surface area contributed by atoms with E-state index >= 15 is 0 Å². The van der Waals surface area contributed by atoms with Gasteiger partial charge in [-0.1, -0.05) is 0 Å². The number of halogens is 3. The van der Waals surface area contributed by atoms with Gasteiger partial charge < -0.3 is 9.64 Å². The molecular formula is C13H16F3N3O. The molecule has 1 aromatic heterocycles. The third kappa shape index (κ3) is 2.59. The van der Waals surface area contributed by atoms with Gasteiger partial charge in [0.15, 0.2) is 0 Å². The van der Waals surface area contributed by atoms with Crippen LogP contribution in [0, 0.1) is 0 Å². The van der Waals surface area contributed by atoms with Gasteiger partial charge in [-0.3, -0.25) is 0 Å². The van der Waals surface area contributed by atoms with Crippen LogP contribution in [0.3, 0.4) is 0 Å². The summed E-state index contributed by atoms with van der Waals surface area (Å²) in [6.07, 6.45) is 0.535. The molecular weight excluding hydrogens is 271 g/mol. The number of nitrogens with zero attached hydrogens (tertiary/aromatic N) is 3. The van der Waals surface area contributed by atoms with Crippen LogP contribution in [0.4, 0.5) is 19.1 Å². The van der Waals surface area contributed by atoms with Crippen LogP contribution in [-0.4, -0.2) is 35.3 Å². The number of anilines is 1.